The van der Waals surface area contributed by atoms with Crippen LogP contribution in [0.15, 0.2) is 30.6 Å². The molecule has 0 aromatic carbocycles. The van der Waals surface area contributed by atoms with Crippen molar-refractivity contribution in [3.8, 4) is 12.3 Å². The molecule has 0 aliphatic carbocycles. The van der Waals surface area contributed by atoms with Crippen LogP contribution in [-0.4, -0.2) is 28.4 Å². The van der Waals surface area contributed by atoms with E-state index in [4.69, 9.17) is 6.42 Å². The van der Waals surface area contributed by atoms with Gasteiger partial charge in [-0.1, -0.05) is 5.92 Å². The van der Waals surface area contributed by atoms with E-state index in [9.17, 15) is 4.79 Å². The Hall–Kier alpha value is -2.25. The minimum atomic E-state index is -0.00722. The van der Waals surface area contributed by atoms with Crippen LogP contribution in [-0.2, 0) is 0 Å². The summed E-state index contributed by atoms with van der Waals surface area (Å²) in [7, 11) is 0. The van der Waals surface area contributed by atoms with Crippen LogP contribution in [0.1, 0.15) is 35.2 Å². The molecule has 1 amide bonds. The summed E-state index contributed by atoms with van der Waals surface area (Å²) < 4.78 is 1.91. The minimum Gasteiger partial charge on any atom is -0.348 e. The lowest BCUT2D eigenvalue weighted by molar-refractivity contribution is 0.0930. The summed E-state index contributed by atoms with van der Waals surface area (Å²) >= 11 is 0. The smallest absolute Gasteiger partial charge is 0.253 e. The van der Waals surface area contributed by atoms with Crippen LogP contribution in [0.4, 0.5) is 0 Å². The number of pyridine rings is 1. The first-order valence-electron chi connectivity index (χ1n) is 7.39. The molecule has 0 radical (unpaired) electrons. The van der Waals surface area contributed by atoms with Gasteiger partial charge in [-0.15, -0.1) is 6.42 Å². The van der Waals surface area contributed by atoms with Crippen molar-refractivity contribution in [1.82, 2.24) is 15.0 Å². The number of rotatable bonds is 2. The van der Waals surface area contributed by atoms with E-state index in [0.29, 0.717) is 17.6 Å². The Labute approximate surface area is 123 Å². The molecule has 3 atom stereocenters. The molecule has 2 aromatic rings. The number of carbonyl (C=O) groups excluding carboxylic acids is 1. The maximum atomic E-state index is 12.4. The molecule has 2 fully saturated rings. The molecule has 2 aliphatic rings. The molecule has 2 saturated heterocycles. The number of nitrogens with one attached hydrogen (secondary N) is 2. The van der Waals surface area contributed by atoms with E-state index >= 15 is 0 Å². The maximum Gasteiger partial charge on any atom is 0.253 e. The first-order chi connectivity index (χ1) is 10.2. The summed E-state index contributed by atoms with van der Waals surface area (Å²) in [6.07, 6.45) is 12.6. The van der Waals surface area contributed by atoms with Gasteiger partial charge >= 0.3 is 0 Å². The summed E-state index contributed by atoms with van der Waals surface area (Å²) in [5.41, 5.74) is 2.47. The predicted octanol–water partition coefficient (Wildman–Crippen LogP) is 1.54. The number of fused-ring (bicyclic) bond motifs is 3. The van der Waals surface area contributed by atoms with E-state index < -0.39 is 0 Å². The average Bonchev–Trinajstić information content (AvgIpc) is 3.21. The van der Waals surface area contributed by atoms with Gasteiger partial charge in [0.2, 0.25) is 0 Å². The Morgan fingerprint density at radius 3 is 3.00 bits per heavy atom. The molecule has 4 heteroatoms. The molecule has 21 heavy (non-hydrogen) atoms. The van der Waals surface area contributed by atoms with Gasteiger partial charge in [-0.05, 0) is 37.5 Å². The first kappa shape index (κ1) is 12.5. The molecule has 106 valence electrons. The van der Waals surface area contributed by atoms with Crippen molar-refractivity contribution in [2.45, 2.75) is 37.4 Å². The summed E-state index contributed by atoms with van der Waals surface area (Å²) in [6, 6.07) is 6.93. The van der Waals surface area contributed by atoms with E-state index in [-0.39, 0.29) is 11.9 Å². The van der Waals surface area contributed by atoms with Gasteiger partial charge in [-0.25, -0.2) is 0 Å². The zero-order chi connectivity index (χ0) is 14.4. The largest absolute Gasteiger partial charge is 0.348 e. The lowest BCUT2D eigenvalue weighted by atomic mass is 9.95. The Morgan fingerprint density at radius 2 is 2.29 bits per heavy atom. The zero-order valence-corrected chi connectivity index (χ0v) is 11.7. The van der Waals surface area contributed by atoms with Gasteiger partial charge in [0.05, 0.1) is 11.1 Å². The molecule has 0 saturated carbocycles. The summed E-state index contributed by atoms with van der Waals surface area (Å²) in [5, 5.41) is 6.69. The van der Waals surface area contributed by atoms with E-state index in [1.807, 2.05) is 35.0 Å². The van der Waals surface area contributed by atoms with Crippen LogP contribution in [0.25, 0.3) is 5.52 Å². The topological polar surface area (TPSA) is 45.5 Å². The second-order valence-corrected chi connectivity index (χ2v) is 5.95. The fourth-order valence-corrected chi connectivity index (χ4v) is 3.60. The standard InChI is InChI=1S/C17H17N3O/c1-2-11-7-8-20-10-12(3-6-16(11)20)17(21)19-15-9-13-4-5-14(15)18-13/h1,3,6-8,10,13-15,18H,4-5,9H2,(H,19,21)/t13-,14+,15-/m1/s1. The highest BCUT2D eigenvalue weighted by Crippen LogP contribution is 2.28. The van der Waals surface area contributed by atoms with Crippen molar-refractivity contribution in [3.05, 3.63) is 41.7 Å². The Balaban J connectivity index is 1.55. The van der Waals surface area contributed by atoms with E-state index in [0.717, 1.165) is 23.9 Å². The van der Waals surface area contributed by atoms with Crippen molar-refractivity contribution in [1.29, 1.82) is 0 Å². The molecule has 2 N–H and O–H groups in total. The Morgan fingerprint density at radius 1 is 1.38 bits per heavy atom. The molecule has 2 bridgehead atoms. The highest BCUT2D eigenvalue weighted by atomic mass is 16.1. The minimum absolute atomic E-state index is 0.00722. The number of nitrogens with zero attached hydrogens (tertiary/aromatic N) is 1. The van der Waals surface area contributed by atoms with Gasteiger partial charge in [-0.3, -0.25) is 4.79 Å². The van der Waals surface area contributed by atoms with Crippen molar-refractivity contribution < 1.29 is 4.79 Å². The van der Waals surface area contributed by atoms with Crippen LogP contribution in [0.3, 0.4) is 0 Å². The number of amides is 1. The van der Waals surface area contributed by atoms with Gasteiger partial charge in [0.25, 0.3) is 5.91 Å². The number of carbonyl (C=O) groups is 1. The highest BCUT2D eigenvalue weighted by Gasteiger charge is 2.39. The van der Waals surface area contributed by atoms with Gasteiger partial charge in [-0.2, -0.15) is 0 Å². The van der Waals surface area contributed by atoms with Crippen LogP contribution >= 0.6 is 0 Å². The molecular formula is C17H17N3O. The molecule has 2 aromatic heterocycles. The lowest BCUT2D eigenvalue weighted by Crippen LogP contribution is -2.42. The van der Waals surface area contributed by atoms with E-state index in [1.165, 1.54) is 6.42 Å². The fourth-order valence-electron chi connectivity index (χ4n) is 3.60. The van der Waals surface area contributed by atoms with Crippen LogP contribution in [0.2, 0.25) is 0 Å². The second-order valence-electron chi connectivity index (χ2n) is 5.95. The van der Waals surface area contributed by atoms with Crippen molar-refractivity contribution >= 4 is 11.4 Å². The van der Waals surface area contributed by atoms with Crippen LogP contribution in [0, 0.1) is 12.3 Å². The monoisotopic (exact) mass is 279 g/mol. The van der Waals surface area contributed by atoms with Crippen molar-refractivity contribution in [3.63, 3.8) is 0 Å². The zero-order valence-electron chi connectivity index (χ0n) is 11.7. The third kappa shape index (κ3) is 2.01. The second kappa shape index (κ2) is 4.64. The van der Waals surface area contributed by atoms with Gasteiger partial charge < -0.3 is 15.0 Å². The average molecular weight is 279 g/mol. The third-order valence-electron chi connectivity index (χ3n) is 4.69. The van der Waals surface area contributed by atoms with Gasteiger partial charge in [0.1, 0.15) is 0 Å². The van der Waals surface area contributed by atoms with Crippen LogP contribution in [0.5, 0.6) is 0 Å². The number of hydrogen-bond acceptors (Lipinski definition) is 2. The first-order valence-corrected chi connectivity index (χ1v) is 7.39. The van der Waals surface area contributed by atoms with Crippen molar-refractivity contribution in [2.75, 3.05) is 0 Å². The Bertz CT molecular complexity index is 755. The molecule has 2 aliphatic heterocycles. The normalized spacial score (nSPS) is 26.9. The molecule has 4 heterocycles. The Kier molecular flexibility index (Phi) is 2.76. The predicted molar refractivity (Wildman–Crippen MR) is 81.1 cm³/mol. The lowest BCUT2D eigenvalue weighted by Gasteiger charge is -2.21. The molecule has 0 spiro atoms. The number of aromatic nitrogens is 1. The highest BCUT2D eigenvalue weighted by molar-refractivity contribution is 5.94. The van der Waals surface area contributed by atoms with E-state index in [1.54, 1.807) is 0 Å². The summed E-state index contributed by atoms with van der Waals surface area (Å²) in [6.45, 7) is 0. The number of terminal acetylenes is 1. The van der Waals surface area contributed by atoms with Gasteiger partial charge in [0.15, 0.2) is 0 Å². The third-order valence-corrected chi connectivity index (χ3v) is 4.69. The molecule has 4 rings (SSSR count). The maximum absolute atomic E-state index is 12.4. The number of hydrogen-bond donors (Lipinski definition) is 2. The molecular weight excluding hydrogens is 262 g/mol. The summed E-state index contributed by atoms with van der Waals surface area (Å²) in [4.78, 5) is 12.4. The fraction of sp³-hybridized carbons (Fsp3) is 0.353. The van der Waals surface area contributed by atoms with Gasteiger partial charge in [0, 0.05) is 36.1 Å². The molecule has 0 unspecified atom stereocenters. The van der Waals surface area contributed by atoms with E-state index in [2.05, 4.69) is 16.6 Å². The molecule has 4 nitrogen and oxygen atoms in total. The summed E-state index contributed by atoms with van der Waals surface area (Å²) in [5.74, 6) is 2.64. The SMILES string of the molecule is C#Cc1ccn2cc(C(=O)N[C@@H]3C[C@H]4CC[C@@H]3N4)ccc12. The van der Waals surface area contributed by atoms with Crippen LogP contribution < -0.4 is 10.6 Å². The van der Waals surface area contributed by atoms with Crippen molar-refractivity contribution in [2.24, 2.45) is 0 Å². The quantitative estimate of drug-likeness (QED) is 0.819.